The van der Waals surface area contributed by atoms with E-state index in [1.54, 1.807) is 0 Å². The second-order valence-corrected chi connectivity index (χ2v) is 9.31. The molecule has 1 aromatic heterocycles. The van der Waals surface area contributed by atoms with Gasteiger partial charge in [-0.05, 0) is 51.6 Å². The van der Waals surface area contributed by atoms with Gasteiger partial charge in [-0.15, -0.1) is 11.3 Å². The Morgan fingerprint density at radius 1 is 0.424 bits per heavy atom. The van der Waals surface area contributed by atoms with Crippen molar-refractivity contribution in [2.75, 3.05) is 0 Å². The van der Waals surface area contributed by atoms with Crippen LogP contribution in [-0.2, 0) is 0 Å². The van der Waals surface area contributed by atoms with Crippen molar-refractivity contribution in [3.63, 3.8) is 0 Å². The van der Waals surface area contributed by atoms with Gasteiger partial charge in [0.25, 0.3) is 0 Å². The predicted octanol–water partition coefficient (Wildman–Crippen LogP) is 9.56. The molecule has 0 saturated heterocycles. The summed E-state index contributed by atoms with van der Waals surface area (Å²) in [4.78, 5) is 0. The third kappa shape index (κ3) is 3.88. The highest BCUT2D eigenvalue weighted by atomic mass is 32.1. The molecule has 0 unspecified atom stereocenters. The van der Waals surface area contributed by atoms with Crippen LogP contribution in [0.2, 0.25) is 0 Å². The molecule has 1 heterocycles. The van der Waals surface area contributed by atoms with Gasteiger partial charge < -0.3 is 0 Å². The van der Waals surface area contributed by atoms with Crippen LogP contribution in [0.1, 0.15) is 11.1 Å². The molecule has 156 valence electrons. The van der Waals surface area contributed by atoms with Gasteiger partial charge in [-0.2, -0.15) is 0 Å². The third-order valence-corrected chi connectivity index (χ3v) is 7.19. The number of fused-ring (bicyclic) bond motifs is 3. The SMILES string of the molecule is C(=C\c1ccc2c(c1)sc1cc(-c3ccccc3)c(-c3ccccc3)cc12)/c1ccccc1. The molecule has 0 fully saturated rings. The van der Waals surface area contributed by atoms with Gasteiger partial charge >= 0.3 is 0 Å². The highest BCUT2D eigenvalue weighted by molar-refractivity contribution is 7.25. The van der Waals surface area contributed by atoms with E-state index in [0.717, 1.165) is 0 Å². The van der Waals surface area contributed by atoms with Crippen molar-refractivity contribution in [2.24, 2.45) is 0 Å². The minimum Gasteiger partial charge on any atom is -0.135 e. The predicted molar refractivity (Wildman–Crippen MR) is 146 cm³/mol. The first-order valence-electron chi connectivity index (χ1n) is 11.2. The molecule has 0 spiro atoms. The molecule has 0 saturated carbocycles. The second-order valence-electron chi connectivity index (χ2n) is 8.23. The Morgan fingerprint density at radius 3 is 1.64 bits per heavy atom. The zero-order valence-corrected chi connectivity index (χ0v) is 18.9. The first kappa shape index (κ1) is 19.7. The van der Waals surface area contributed by atoms with Crippen molar-refractivity contribution < 1.29 is 0 Å². The van der Waals surface area contributed by atoms with Crippen molar-refractivity contribution in [3.8, 4) is 22.3 Å². The summed E-state index contributed by atoms with van der Waals surface area (Å²) in [6.45, 7) is 0. The van der Waals surface area contributed by atoms with E-state index in [2.05, 4.69) is 127 Å². The zero-order chi connectivity index (χ0) is 22.0. The van der Waals surface area contributed by atoms with Crippen molar-refractivity contribution in [1.29, 1.82) is 0 Å². The number of rotatable bonds is 4. The minimum atomic E-state index is 1.22. The van der Waals surface area contributed by atoms with Gasteiger partial charge in [0.05, 0.1) is 0 Å². The summed E-state index contributed by atoms with van der Waals surface area (Å²) < 4.78 is 2.65. The average molecular weight is 439 g/mol. The van der Waals surface area contributed by atoms with E-state index in [1.807, 2.05) is 17.4 Å². The lowest BCUT2D eigenvalue weighted by Gasteiger charge is -2.11. The van der Waals surface area contributed by atoms with Crippen LogP contribution in [-0.4, -0.2) is 0 Å². The summed E-state index contributed by atoms with van der Waals surface area (Å²) in [5, 5.41) is 2.65. The van der Waals surface area contributed by atoms with Crippen LogP contribution in [0, 0.1) is 0 Å². The first-order chi connectivity index (χ1) is 16.3. The molecular formula is C32H22S. The van der Waals surface area contributed by atoms with Crippen molar-refractivity contribution in [3.05, 3.63) is 132 Å². The summed E-state index contributed by atoms with van der Waals surface area (Å²) in [7, 11) is 0. The fourth-order valence-electron chi connectivity index (χ4n) is 4.41. The number of benzene rings is 5. The Hall–Kier alpha value is -3.94. The largest absolute Gasteiger partial charge is 0.135 e. The smallest absolute Gasteiger partial charge is 0.0362 e. The Labute approximate surface area is 198 Å². The average Bonchev–Trinajstić information content (AvgIpc) is 3.25. The molecule has 6 aromatic rings. The summed E-state index contributed by atoms with van der Waals surface area (Å²) >= 11 is 1.88. The molecular weight excluding hydrogens is 416 g/mol. The summed E-state index contributed by atoms with van der Waals surface area (Å²) in [6, 6.07) is 43.4. The maximum absolute atomic E-state index is 2.38. The van der Waals surface area contributed by atoms with Gasteiger partial charge in [-0.1, -0.05) is 115 Å². The van der Waals surface area contributed by atoms with Crippen molar-refractivity contribution >= 4 is 43.7 Å². The molecule has 0 aliphatic rings. The van der Waals surface area contributed by atoms with E-state index >= 15 is 0 Å². The van der Waals surface area contributed by atoms with Gasteiger partial charge in [-0.25, -0.2) is 0 Å². The molecule has 1 heteroatoms. The van der Waals surface area contributed by atoms with Gasteiger partial charge in [-0.3, -0.25) is 0 Å². The standard InChI is InChI=1S/C32H22S/c1-4-10-23(11-5-1)16-17-24-18-19-27-30-21-28(25-12-6-2-7-13-25)29(26-14-8-3-9-15-26)22-32(30)33-31(27)20-24/h1-22H/b17-16+. The molecule has 0 amide bonds. The topological polar surface area (TPSA) is 0 Å². The van der Waals surface area contributed by atoms with E-state index < -0.39 is 0 Å². The monoisotopic (exact) mass is 438 g/mol. The highest BCUT2D eigenvalue weighted by Gasteiger charge is 2.13. The Morgan fingerprint density at radius 2 is 0.970 bits per heavy atom. The molecule has 5 aromatic carbocycles. The summed E-state index contributed by atoms with van der Waals surface area (Å²) in [5.74, 6) is 0. The molecule has 0 bridgehead atoms. The van der Waals surface area contributed by atoms with Crippen LogP contribution in [0.3, 0.4) is 0 Å². The molecule has 0 aliphatic carbocycles. The van der Waals surface area contributed by atoms with Gasteiger partial charge in [0.1, 0.15) is 0 Å². The maximum atomic E-state index is 2.38. The maximum Gasteiger partial charge on any atom is 0.0362 e. The molecule has 0 radical (unpaired) electrons. The van der Waals surface area contributed by atoms with Gasteiger partial charge in [0.2, 0.25) is 0 Å². The van der Waals surface area contributed by atoms with E-state index in [-0.39, 0.29) is 0 Å². The van der Waals surface area contributed by atoms with Crippen LogP contribution in [0.5, 0.6) is 0 Å². The van der Waals surface area contributed by atoms with E-state index in [9.17, 15) is 0 Å². The molecule has 0 N–H and O–H groups in total. The fourth-order valence-corrected chi connectivity index (χ4v) is 5.59. The quantitative estimate of drug-likeness (QED) is 0.240. The lowest BCUT2D eigenvalue weighted by Crippen LogP contribution is -1.85. The van der Waals surface area contributed by atoms with Crippen LogP contribution >= 0.6 is 11.3 Å². The summed E-state index contributed by atoms with van der Waals surface area (Å²) in [5.41, 5.74) is 7.51. The molecule has 6 rings (SSSR count). The lowest BCUT2D eigenvalue weighted by molar-refractivity contribution is 1.61. The zero-order valence-electron chi connectivity index (χ0n) is 18.1. The Balaban J connectivity index is 1.51. The summed E-state index contributed by atoms with van der Waals surface area (Å²) in [6.07, 6.45) is 4.37. The van der Waals surface area contributed by atoms with Crippen molar-refractivity contribution in [1.82, 2.24) is 0 Å². The number of thiophene rings is 1. The molecule has 0 aliphatic heterocycles. The van der Waals surface area contributed by atoms with Gasteiger partial charge in [0, 0.05) is 20.2 Å². The molecule has 33 heavy (non-hydrogen) atoms. The van der Waals surface area contributed by atoms with E-state index in [4.69, 9.17) is 0 Å². The number of hydrogen-bond donors (Lipinski definition) is 0. The van der Waals surface area contributed by atoms with Crippen LogP contribution in [0.25, 0.3) is 54.6 Å². The van der Waals surface area contributed by atoms with Crippen molar-refractivity contribution in [2.45, 2.75) is 0 Å². The molecule has 0 atom stereocenters. The van der Waals surface area contributed by atoms with Gasteiger partial charge in [0.15, 0.2) is 0 Å². The van der Waals surface area contributed by atoms with Crippen LogP contribution in [0.4, 0.5) is 0 Å². The molecule has 0 nitrogen and oxygen atoms in total. The number of hydrogen-bond acceptors (Lipinski definition) is 1. The lowest BCUT2D eigenvalue weighted by atomic mass is 9.93. The Bertz CT molecular complexity index is 1570. The Kier molecular flexibility index (Phi) is 5.10. The van der Waals surface area contributed by atoms with E-state index in [0.29, 0.717) is 0 Å². The van der Waals surface area contributed by atoms with Crippen LogP contribution in [0.15, 0.2) is 121 Å². The van der Waals surface area contributed by atoms with E-state index in [1.165, 1.54) is 53.6 Å². The van der Waals surface area contributed by atoms with Crippen LogP contribution < -0.4 is 0 Å². The normalized spacial score (nSPS) is 11.5. The second kappa shape index (κ2) is 8.54. The fraction of sp³-hybridized carbons (Fsp3) is 0. The first-order valence-corrected chi connectivity index (χ1v) is 12.0. The highest BCUT2D eigenvalue weighted by Crippen LogP contribution is 2.42. The third-order valence-electron chi connectivity index (χ3n) is 6.07. The minimum absolute atomic E-state index is 1.22.